The summed E-state index contributed by atoms with van der Waals surface area (Å²) in [5, 5.41) is 0. The highest BCUT2D eigenvalue weighted by Gasteiger charge is 2.14. The summed E-state index contributed by atoms with van der Waals surface area (Å²) in [6.45, 7) is 4.03. The second kappa shape index (κ2) is 5.42. The maximum absolute atomic E-state index is 12.8. The first-order valence-corrected chi connectivity index (χ1v) is 5.64. The number of alkyl halides is 1. The van der Waals surface area contributed by atoms with Gasteiger partial charge in [0.1, 0.15) is 5.82 Å². The van der Waals surface area contributed by atoms with Gasteiger partial charge < -0.3 is 4.90 Å². The molecule has 1 nitrogen and oxygen atoms in total. The van der Waals surface area contributed by atoms with Crippen LogP contribution in [-0.4, -0.2) is 16.9 Å². The predicted octanol–water partition coefficient (Wildman–Crippen LogP) is 3.61. The van der Waals surface area contributed by atoms with Crippen LogP contribution in [0.5, 0.6) is 0 Å². The molecule has 1 rings (SSSR count). The first-order valence-electron chi connectivity index (χ1n) is 4.70. The molecule has 1 aromatic carbocycles. The van der Waals surface area contributed by atoms with Crippen molar-refractivity contribution in [2.45, 2.75) is 19.9 Å². The lowest BCUT2D eigenvalue weighted by molar-refractivity contribution is 0.627. The summed E-state index contributed by atoms with van der Waals surface area (Å²) in [6.07, 6.45) is 0. The molecule has 0 radical (unpaired) electrons. The van der Waals surface area contributed by atoms with Gasteiger partial charge in [-0.25, -0.2) is 4.39 Å². The van der Waals surface area contributed by atoms with E-state index in [9.17, 15) is 4.39 Å². The summed E-state index contributed by atoms with van der Waals surface area (Å²) in [7, 11) is 0. The molecule has 0 aliphatic carbocycles. The van der Waals surface area contributed by atoms with Crippen molar-refractivity contribution in [2.24, 2.45) is 0 Å². The monoisotopic (exact) mass is 245 g/mol. The first-order chi connectivity index (χ1) is 7.06. The molecule has 0 aliphatic heterocycles. The molecule has 0 heterocycles. The molecular weight excluding hydrogens is 233 g/mol. The summed E-state index contributed by atoms with van der Waals surface area (Å²) < 4.78 is 12.8. The van der Waals surface area contributed by atoms with Crippen LogP contribution in [0.25, 0.3) is 0 Å². The fraction of sp³-hybridized carbons (Fsp3) is 0.364. The fourth-order valence-corrected chi connectivity index (χ4v) is 1.84. The van der Waals surface area contributed by atoms with Gasteiger partial charge in [-0.15, -0.1) is 11.6 Å². The van der Waals surface area contributed by atoms with Gasteiger partial charge in [-0.1, -0.05) is 12.2 Å². The summed E-state index contributed by atoms with van der Waals surface area (Å²) in [5.41, 5.74) is 0.872. The molecule has 0 aliphatic rings. The van der Waals surface area contributed by atoms with Crippen LogP contribution in [0, 0.1) is 5.82 Å². The lowest BCUT2D eigenvalue weighted by Crippen LogP contribution is -2.36. The van der Waals surface area contributed by atoms with E-state index in [1.165, 1.54) is 12.1 Å². The highest BCUT2D eigenvalue weighted by atomic mass is 35.5. The minimum Gasteiger partial charge on any atom is -0.333 e. The van der Waals surface area contributed by atoms with Crippen LogP contribution in [0.2, 0.25) is 0 Å². The number of rotatable bonds is 3. The average molecular weight is 246 g/mol. The maximum atomic E-state index is 12.8. The number of anilines is 1. The molecule has 0 fully saturated rings. The second-order valence-corrected chi connectivity index (χ2v) is 4.21. The Labute approximate surface area is 99.8 Å². The minimum absolute atomic E-state index is 0.210. The number of thiocarbonyl (C=S) groups is 1. The molecule has 1 aromatic rings. The molecule has 15 heavy (non-hydrogen) atoms. The lowest BCUT2D eigenvalue weighted by atomic mass is 10.2. The Hall–Kier alpha value is -0.670. The van der Waals surface area contributed by atoms with Crippen LogP contribution < -0.4 is 4.90 Å². The molecule has 0 atom stereocenters. The van der Waals surface area contributed by atoms with Crippen molar-refractivity contribution in [1.82, 2.24) is 0 Å². The zero-order valence-electron chi connectivity index (χ0n) is 8.71. The van der Waals surface area contributed by atoms with Crippen LogP contribution in [-0.2, 0) is 0 Å². The molecule has 0 N–H and O–H groups in total. The Kier molecular flexibility index (Phi) is 4.48. The Morgan fingerprint density at radius 1 is 1.40 bits per heavy atom. The van der Waals surface area contributed by atoms with E-state index in [-0.39, 0.29) is 11.9 Å². The Bertz CT molecular complexity index is 337. The third kappa shape index (κ3) is 3.14. The van der Waals surface area contributed by atoms with E-state index < -0.39 is 0 Å². The van der Waals surface area contributed by atoms with Gasteiger partial charge in [0.05, 0.1) is 10.9 Å². The van der Waals surface area contributed by atoms with E-state index in [0.717, 1.165) is 5.69 Å². The maximum Gasteiger partial charge on any atom is 0.123 e. The van der Waals surface area contributed by atoms with Gasteiger partial charge in [-0.05, 0) is 38.1 Å². The second-order valence-electron chi connectivity index (χ2n) is 3.47. The molecule has 4 heteroatoms. The zero-order chi connectivity index (χ0) is 11.4. The van der Waals surface area contributed by atoms with Gasteiger partial charge in [-0.3, -0.25) is 0 Å². The van der Waals surface area contributed by atoms with Crippen molar-refractivity contribution < 1.29 is 4.39 Å². The minimum atomic E-state index is -0.251. The van der Waals surface area contributed by atoms with Crippen molar-refractivity contribution in [2.75, 3.05) is 10.8 Å². The molecule has 0 aromatic heterocycles. The summed E-state index contributed by atoms with van der Waals surface area (Å²) in [6, 6.07) is 6.45. The molecule has 0 amide bonds. The Balaban J connectivity index is 2.99. The molecule has 0 unspecified atom stereocenters. The first kappa shape index (κ1) is 12.4. The third-order valence-corrected chi connectivity index (χ3v) is 2.76. The van der Waals surface area contributed by atoms with E-state index in [0.29, 0.717) is 10.9 Å². The van der Waals surface area contributed by atoms with Gasteiger partial charge in [0.2, 0.25) is 0 Å². The third-order valence-electron chi connectivity index (χ3n) is 2.00. The van der Waals surface area contributed by atoms with Gasteiger partial charge in [0.25, 0.3) is 0 Å². The van der Waals surface area contributed by atoms with Crippen molar-refractivity contribution >= 4 is 34.5 Å². The quantitative estimate of drug-likeness (QED) is 0.591. The summed E-state index contributed by atoms with van der Waals surface area (Å²) >= 11 is 10.9. The topological polar surface area (TPSA) is 3.24 Å². The normalized spacial score (nSPS) is 10.5. The standard InChI is InChI=1S/C11H13ClFNS/c1-8(2)14(11(15)7-12)10-5-3-9(13)4-6-10/h3-6,8H,7H2,1-2H3. The van der Waals surface area contributed by atoms with Crippen LogP contribution in [0.1, 0.15) is 13.8 Å². The molecule has 0 saturated carbocycles. The highest BCUT2D eigenvalue weighted by Crippen LogP contribution is 2.18. The summed E-state index contributed by atoms with van der Waals surface area (Å²) in [5.74, 6) is 0.0458. The van der Waals surface area contributed by atoms with Gasteiger partial charge in [0.15, 0.2) is 0 Å². The number of hydrogen-bond donors (Lipinski definition) is 0. The van der Waals surface area contributed by atoms with Crippen molar-refractivity contribution in [1.29, 1.82) is 0 Å². The van der Waals surface area contributed by atoms with Crippen LogP contribution in [0.4, 0.5) is 10.1 Å². The van der Waals surface area contributed by atoms with Gasteiger partial charge in [0, 0.05) is 11.7 Å². The molecular formula is C11H13ClFNS. The Morgan fingerprint density at radius 3 is 2.33 bits per heavy atom. The van der Waals surface area contributed by atoms with E-state index in [1.807, 2.05) is 18.7 Å². The van der Waals surface area contributed by atoms with Crippen LogP contribution in [0.3, 0.4) is 0 Å². The molecule has 0 bridgehead atoms. The smallest absolute Gasteiger partial charge is 0.123 e. The number of nitrogens with zero attached hydrogens (tertiary/aromatic N) is 1. The van der Waals surface area contributed by atoms with E-state index in [2.05, 4.69) is 0 Å². The largest absolute Gasteiger partial charge is 0.333 e. The van der Waals surface area contributed by atoms with Crippen molar-refractivity contribution in [3.05, 3.63) is 30.1 Å². The van der Waals surface area contributed by atoms with Gasteiger partial charge in [-0.2, -0.15) is 0 Å². The van der Waals surface area contributed by atoms with E-state index in [4.69, 9.17) is 23.8 Å². The number of hydrogen-bond acceptors (Lipinski definition) is 1. The highest BCUT2D eigenvalue weighted by molar-refractivity contribution is 7.80. The zero-order valence-corrected chi connectivity index (χ0v) is 10.3. The predicted molar refractivity (Wildman–Crippen MR) is 67.3 cm³/mol. The van der Waals surface area contributed by atoms with Gasteiger partial charge >= 0.3 is 0 Å². The molecule has 82 valence electrons. The van der Waals surface area contributed by atoms with Crippen LogP contribution in [0.15, 0.2) is 24.3 Å². The van der Waals surface area contributed by atoms with E-state index in [1.54, 1.807) is 12.1 Å². The Morgan fingerprint density at radius 2 is 1.93 bits per heavy atom. The average Bonchev–Trinajstić information content (AvgIpc) is 2.20. The number of halogens is 2. The summed E-state index contributed by atoms with van der Waals surface area (Å²) in [4.78, 5) is 2.57. The lowest BCUT2D eigenvalue weighted by Gasteiger charge is -2.28. The van der Waals surface area contributed by atoms with Crippen molar-refractivity contribution in [3.63, 3.8) is 0 Å². The van der Waals surface area contributed by atoms with Crippen molar-refractivity contribution in [3.8, 4) is 0 Å². The SMILES string of the molecule is CC(C)N(C(=S)CCl)c1ccc(F)cc1. The molecule has 0 spiro atoms. The van der Waals surface area contributed by atoms with E-state index >= 15 is 0 Å². The molecule has 0 saturated heterocycles. The fourth-order valence-electron chi connectivity index (χ4n) is 1.40. The van der Waals surface area contributed by atoms with Crippen LogP contribution >= 0.6 is 23.8 Å². The number of benzene rings is 1.